The summed E-state index contributed by atoms with van der Waals surface area (Å²) < 4.78 is 5.17. The Balaban J connectivity index is 1.51. The number of ether oxygens (including phenoxy) is 1. The molecule has 0 radical (unpaired) electrons. The van der Waals surface area contributed by atoms with Crippen LogP contribution in [0.2, 0.25) is 5.02 Å². The second kappa shape index (κ2) is 8.91. The van der Waals surface area contributed by atoms with E-state index in [0.717, 1.165) is 24.2 Å². The summed E-state index contributed by atoms with van der Waals surface area (Å²) in [6.45, 7) is 0.894. The first-order chi connectivity index (χ1) is 13.1. The predicted octanol–water partition coefficient (Wildman–Crippen LogP) is 3.66. The van der Waals surface area contributed by atoms with Crippen molar-refractivity contribution in [2.45, 2.75) is 31.8 Å². The average molecular weight is 387 g/mol. The fourth-order valence-electron chi connectivity index (χ4n) is 2.86. The van der Waals surface area contributed by atoms with Crippen LogP contribution in [0.25, 0.3) is 0 Å². The maximum absolute atomic E-state index is 12.6. The van der Waals surface area contributed by atoms with Gasteiger partial charge in [-0.15, -0.1) is 0 Å². The second-order valence-corrected chi connectivity index (χ2v) is 7.05. The van der Waals surface area contributed by atoms with Crippen LogP contribution in [0.5, 0.6) is 5.75 Å². The largest absolute Gasteiger partial charge is 0.497 e. The Morgan fingerprint density at radius 2 is 1.78 bits per heavy atom. The molecule has 0 heterocycles. The Bertz CT molecular complexity index is 786. The fraction of sp³-hybridized carbons (Fsp3) is 0.333. The number of hydrogen-bond donors (Lipinski definition) is 1. The normalized spacial score (nSPS) is 13.1. The van der Waals surface area contributed by atoms with E-state index in [1.165, 1.54) is 0 Å². The Kier molecular flexibility index (Phi) is 6.35. The number of nitrogens with one attached hydrogen (secondary N) is 1. The van der Waals surface area contributed by atoms with Crippen molar-refractivity contribution in [2.24, 2.45) is 0 Å². The number of halogens is 1. The van der Waals surface area contributed by atoms with Gasteiger partial charge in [0.2, 0.25) is 5.91 Å². The SMILES string of the molecule is COc1ccc(CN(C(=O)CCNC(=O)c2ccc(Cl)cc2)C2CC2)cc1. The number of methoxy groups -OCH3 is 1. The van der Waals surface area contributed by atoms with Crippen molar-refractivity contribution in [3.05, 3.63) is 64.7 Å². The van der Waals surface area contributed by atoms with E-state index >= 15 is 0 Å². The Morgan fingerprint density at radius 1 is 1.11 bits per heavy atom. The molecule has 27 heavy (non-hydrogen) atoms. The van der Waals surface area contributed by atoms with Gasteiger partial charge in [0.15, 0.2) is 0 Å². The monoisotopic (exact) mass is 386 g/mol. The average Bonchev–Trinajstić information content (AvgIpc) is 3.52. The molecule has 0 unspecified atom stereocenters. The highest BCUT2D eigenvalue weighted by Crippen LogP contribution is 2.29. The van der Waals surface area contributed by atoms with E-state index in [2.05, 4.69) is 5.32 Å². The standard InChI is InChI=1S/C21H23ClN2O3/c1-27-19-10-2-15(3-11-19)14-24(18-8-9-18)20(25)12-13-23-21(26)16-4-6-17(22)7-5-16/h2-7,10-11,18H,8-9,12-14H2,1H3,(H,23,26). The molecule has 3 rings (SSSR count). The van der Waals surface area contributed by atoms with E-state index in [-0.39, 0.29) is 18.2 Å². The van der Waals surface area contributed by atoms with Crippen molar-refractivity contribution in [3.63, 3.8) is 0 Å². The zero-order valence-corrected chi connectivity index (χ0v) is 16.0. The molecule has 0 aromatic heterocycles. The van der Waals surface area contributed by atoms with Crippen LogP contribution in [0, 0.1) is 0 Å². The topological polar surface area (TPSA) is 58.6 Å². The summed E-state index contributed by atoms with van der Waals surface area (Å²) in [7, 11) is 1.63. The smallest absolute Gasteiger partial charge is 0.251 e. The highest BCUT2D eigenvalue weighted by Gasteiger charge is 2.32. The maximum atomic E-state index is 12.6. The van der Waals surface area contributed by atoms with E-state index in [4.69, 9.17) is 16.3 Å². The Labute approximate surface area is 164 Å². The number of amides is 2. The second-order valence-electron chi connectivity index (χ2n) is 6.61. The molecule has 1 saturated carbocycles. The van der Waals surface area contributed by atoms with E-state index in [0.29, 0.717) is 29.7 Å². The molecular weight excluding hydrogens is 364 g/mol. The molecule has 2 aromatic rings. The summed E-state index contributed by atoms with van der Waals surface area (Å²) >= 11 is 5.83. The number of nitrogens with zero attached hydrogens (tertiary/aromatic N) is 1. The van der Waals surface area contributed by atoms with Crippen LogP contribution < -0.4 is 10.1 Å². The molecule has 142 valence electrons. The van der Waals surface area contributed by atoms with E-state index in [9.17, 15) is 9.59 Å². The number of carbonyl (C=O) groups excluding carboxylic acids is 2. The molecule has 0 saturated heterocycles. The minimum absolute atomic E-state index is 0.0599. The molecule has 2 amide bonds. The molecule has 6 heteroatoms. The summed E-state index contributed by atoms with van der Waals surface area (Å²) in [6, 6.07) is 14.7. The van der Waals surface area contributed by atoms with E-state index < -0.39 is 0 Å². The third kappa shape index (κ3) is 5.47. The van der Waals surface area contributed by atoms with Gasteiger partial charge in [0, 0.05) is 36.1 Å². The van der Waals surface area contributed by atoms with Crippen LogP contribution in [-0.2, 0) is 11.3 Å². The first-order valence-electron chi connectivity index (χ1n) is 9.03. The summed E-state index contributed by atoms with van der Waals surface area (Å²) in [5, 5.41) is 3.38. The van der Waals surface area contributed by atoms with Gasteiger partial charge in [-0.05, 0) is 54.8 Å². The zero-order valence-electron chi connectivity index (χ0n) is 15.3. The van der Waals surface area contributed by atoms with Crippen molar-refractivity contribution in [3.8, 4) is 5.75 Å². The van der Waals surface area contributed by atoms with Gasteiger partial charge >= 0.3 is 0 Å². The van der Waals surface area contributed by atoms with Crippen LogP contribution >= 0.6 is 11.6 Å². The highest BCUT2D eigenvalue weighted by atomic mass is 35.5. The van der Waals surface area contributed by atoms with Crippen LogP contribution in [0.3, 0.4) is 0 Å². The fourth-order valence-corrected chi connectivity index (χ4v) is 2.99. The lowest BCUT2D eigenvalue weighted by Gasteiger charge is -2.23. The van der Waals surface area contributed by atoms with Crippen molar-refractivity contribution in [1.29, 1.82) is 0 Å². The summed E-state index contributed by atoms with van der Waals surface area (Å²) in [6.07, 6.45) is 2.37. The van der Waals surface area contributed by atoms with Crippen LogP contribution in [-0.4, -0.2) is 36.4 Å². The number of benzene rings is 2. The quantitative estimate of drug-likeness (QED) is 0.753. The maximum Gasteiger partial charge on any atom is 0.251 e. The number of hydrogen-bond acceptors (Lipinski definition) is 3. The van der Waals surface area contributed by atoms with Gasteiger partial charge in [0.1, 0.15) is 5.75 Å². The molecule has 0 bridgehead atoms. The summed E-state index contributed by atoms with van der Waals surface area (Å²) in [4.78, 5) is 26.7. The van der Waals surface area contributed by atoms with Crippen molar-refractivity contribution in [1.82, 2.24) is 10.2 Å². The molecule has 2 aromatic carbocycles. The number of rotatable bonds is 8. The lowest BCUT2D eigenvalue weighted by molar-refractivity contribution is -0.132. The minimum Gasteiger partial charge on any atom is -0.497 e. The zero-order chi connectivity index (χ0) is 19.2. The van der Waals surface area contributed by atoms with Crippen molar-refractivity contribution in [2.75, 3.05) is 13.7 Å². The molecule has 1 fully saturated rings. The summed E-state index contributed by atoms with van der Waals surface area (Å²) in [5.41, 5.74) is 1.60. The molecule has 5 nitrogen and oxygen atoms in total. The van der Waals surface area contributed by atoms with E-state index in [1.807, 2.05) is 29.2 Å². The van der Waals surface area contributed by atoms with Gasteiger partial charge < -0.3 is 15.0 Å². The molecule has 0 spiro atoms. The van der Waals surface area contributed by atoms with Gasteiger partial charge in [0.25, 0.3) is 5.91 Å². The third-order valence-corrected chi connectivity index (χ3v) is 4.80. The molecule has 1 aliphatic carbocycles. The van der Waals surface area contributed by atoms with Gasteiger partial charge in [0.05, 0.1) is 7.11 Å². The lowest BCUT2D eigenvalue weighted by Crippen LogP contribution is -2.35. The Morgan fingerprint density at radius 3 is 2.37 bits per heavy atom. The molecule has 0 atom stereocenters. The first-order valence-corrected chi connectivity index (χ1v) is 9.41. The molecular formula is C21H23ClN2O3. The van der Waals surface area contributed by atoms with Crippen LogP contribution in [0.1, 0.15) is 35.2 Å². The third-order valence-electron chi connectivity index (χ3n) is 4.55. The minimum atomic E-state index is -0.201. The lowest BCUT2D eigenvalue weighted by atomic mass is 10.2. The predicted molar refractivity (Wildman–Crippen MR) is 105 cm³/mol. The van der Waals surface area contributed by atoms with Crippen molar-refractivity contribution >= 4 is 23.4 Å². The molecule has 1 aliphatic rings. The van der Waals surface area contributed by atoms with Gasteiger partial charge in [-0.2, -0.15) is 0 Å². The van der Waals surface area contributed by atoms with Crippen LogP contribution in [0.15, 0.2) is 48.5 Å². The van der Waals surface area contributed by atoms with Crippen molar-refractivity contribution < 1.29 is 14.3 Å². The Hall–Kier alpha value is -2.53. The first kappa shape index (κ1) is 19.2. The number of carbonyl (C=O) groups is 2. The molecule has 1 N–H and O–H groups in total. The highest BCUT2D eigenvalue weighted by molar-refractivity contribution is 6.30. The van der Waals surface area contributed by atoms with Gasteiger partial charge in [-0.3, -0.25) is 9.59 Å². The van der Waals surface area contributed by atoms with Gasteiger partial charge in [-0.1, -0.05) is 23.7 Å². The molecule has 0 aliphatic heterocycles. The summed E-state index contributed by atoms with van der Waals surface area (Å²) in [5.74, 6) is 0.658. The van der Waals surface area contributed by atoms with Crippen LogP contribution in [0.4, 0.5) is 0 Å². The van der Waals surface area contributed by atoms with E-state index in [1.54, 1.807) is 31.4 Å². The van der Waals surface area contributed by atoms with Gasteiger partial charge in [-0.25, -0.2) is 0 Å².